The largest absolute Gasteiger partial charge is 0.396 e. The molecule has 154 valence electrons. The van der Waals surface area contributed by atoms with Crippen molar-refractivity contribution < 1.29 is 23.2 Å². The molecule has 7 N–H and O–H groups in total. The van der Waals surface area contributed by atoms with Crippen molar-refractivity contribution in [2.45, 2.75) is 12.8 Å². The standard InChI is InChI=1S/C11H10BrFN2O2.C7H6BrFN2O/c12-6-3-7(10(14)16)9(8(13)4-6)15-11(17)5-1-2-5;8-3-1-4(7(11)12)6(10)5(9)2-3/h3-5H,1-2H2,(H2,14,16)(H,15,17);1-2H,10H2,(H2,11,12). The summed E-state index contributed by atoms with van der Waals surface area (Å²) in [6.45, 7) is 0. The van der Waals surface area contributed by atoms with Crippen LogP contribution in [0.3, 0.4) is 0 Å². The summed E-state index contributed by atoms with van der Waals surface area (Å²) in [6.07, 6.45) is 1.60. The molecule has 0 heterocycles. The quantitative estimate of drug-likeness (QED) is 0.447. The first-order valence-electron chi connectivity index (χ1n) is 8.15. The molecular weight excluding hydrogens is 518 g/mol. The minimum atomic E-state index is -0.781. The molecule has 1 aliphatic rings. The minimum absolute atomic E-state index is 0.0122. The summed E-state index contributed by atoms with van der Waals surface area (Å²) in [4.78, 5) is 33.4. The maximum atomic E-state index is 13.7. The Balaban J connectivity index is 0.000000221. The van der Waals surface area contributed by atoms with Crippen LogP contribution in [0, 0.1) is 17.6 Å². The fraction of sp³-hybridized carbons (Fsp3) is 0.167. The smallest absolute Gasteiger partial charge is 0.250 e. The van der Waals surface area contributed by atoms with E-state index in [1.807, 2.05) is 0 Å². The van der Waals surface area contributed by atoms with Crippen molar-refractivity contribution in [2.75, 3.05) is 11.1 Å². The average molecular weight is 534 g/mol. The van der Waals surface area contributed by atoms with Gasteiger partial charge in [-0.3, -0.25) is 14.4 Å². The van der Waals surface area contributed by atoms with Gasteiger partial charge in [-0.15, -0.1) is 0 Å². The van der Waals surface area contributed by atoms with Gasteiger partial charge in [-0.1, -0.05) is 31.9 Å². The summed E-state index contributed by atoms with van der Waals surface area (Å²) in [6, 6.07) is 5.10. The van der Waals surface area contributed by atoms with E-state index in [2.05, 4.69) is 37.2 Å². The molecule has 29 heavy (non-hydrogen) atoms. The van der Waals surface area contributed by atoms with E-state index < -0.39 is 23.4 Å². The van der Waals surface area contributed by atoms with Crippen molar-refractivity contribution >= 4 is 61.0 Å². The van der Waals surface area contributed by atoms with Gasteiger partial charge in [-0.05, 0) is 37.1 Å². The van der Waals surface area contributed by atoms with E-state index >= 15 is 0 Å². The van der Waals surface area contributed by atoms with Gasteiger partial charge in [0.25, 0.3) is 11.8 Å². The molecular formula is C18H16Br2F2N4O3. The number of carbonyl (C=O) groups is 3. The number of amides is 3. The van der Waals surface area contributed by atoms with Gasteiger partial charge in [0, 0.05) is 14.9 Å². The van der Waals surface area contributed by atoms with E-state index in [4.69, 9.17) is 17.2 Å². The Kier molecular flexibility index (Phi) is 7.31. The predicted molar refractivity (Wildman–Crippen MR) is 111 cm³/mol. The summed E-state index contributed by atoms with van der Waals surface area (Å²) in [7, 11) is 0. The Labute approximate surface area is 181 Å². The zero-order valence-electron chi connectivity index (χ0n) is 14.8. The molecule has 0 unspecified atom stereocenters. The van der Waals surface area contributed by atoms with E-state index in [-0.39, 0.29) is 34.3 Å². The number of nitrogen functional groups attached to an aromatic ring is 1. The molecule has 0 saturated heterocycles. The van der Waals surface area contributed by atoms with Crippen LogP contribution in [-0.2, 0) is 4.79 Å². The lowest BCUT2D eigenvalue weighted by atomic mass is 10.1. The number of nitrogens with two attached hydrogens (primary N) is 3. The maximum Gasteiger partial charge on any atom is 0.250 e. The van der Waals surface area contributed by atoms with Crippen LogP contribution in [-0.4, -0.2) is 17.7 Å². The summed E-state index contributed by atoms with van der Waals surface area (Å²) in [5.74, 6) is -3.20. The molecule has 0 atom stereocenters. The molecule has 11 heteroatoms. The van der Waals surface area contributed by atoms with E-state index in [1.54, 1.807) is 0 Å². The normalized spacial score (nSPS) is 12.6. The molecule has 2 aromatic carbocycles. The van der Waals surface area contributed by atoms with Crippen LogP contribution in [0.2, 0.25) is 0 Å². The fourth-order valence-corrected chi connectivity index (χ4v) is 3.11. The lowest BCUT2D eigenvalue weighted by Gasteiger charge is -2.10. The Morgan fingerprint density at radius 3 is 1.86 bits per heavy atom. The van der Waals surface area contributed by atoms with Crippen LogP contribution in [0.4, 0.5) is 20.2 Å². The monoisotopic (exact) mass is 532 g/mol. The number of halogens is 4. The van der Waals surface area contributed by atoms with Crippen molar-refractivity contribution in [1.82, 2.24) is 0 Å². The van der Waals surface area contributed by atoms with Gasteiger partial charge in [0.1, 0.15) is 11.6 Å². The summed E-state index contributed by atoms with van der Waals surface area (Å²) >= 11 is 6.07. The topological polar surface area (TPSA) is 141 Å². The van der Waals surface area contributed by atoms with Gasteiger partial charge in [0.2, 0.25) is 5.91 Å². The molecule has 0 bridgehead atoms. The molecule has 1 saturated carbocycles. The molecule has 1 fully saturated rings. The van der Waals surface area contributed by atoms with Gasteiger partial charge < -0.3 is 22.5 Å². The minimum Gasteiger partial charge on any atom is -0.396 e. The summed E-state index contributed by atoms with van der Waals surface area (Å²) < 4.78 is 27.3. The first-order chi connectivity index (χ1) is 13.5. The average Bonchev–Trinajstić information content (AvgIpc) is 3.45. The third-order valence-corrected chi connectivity index (χ3v) is 4.79. The van der Waals surface area contributed by atoms with E-state index in [0.29, 0.717) is 8.95 Å². The highest BCUT2D eigenvalue weighted by Gasteiger charge is 2.31. The van der Waals surface area contributed by atoms with Gasteiger partial charge in [-0.25, -0.2) is 8.78 Å². The third-order valence-electron chi connectivity index (χ3n) is 3.88. The SMILES string of the molecule is NC(=O)c1cc(Br)cc(F)c1N.NC(=O)c1cc(Br)cc(F)c1NC(=O)C1CC1. The molecule has 1 aliphatic carbocycles. The second-order valence-electron chi connectivity index (χ2n) is 6.15. The Hall–Kier alpha value is -2.53. The van der Waals surface area contributed by atoms with Gasteiger partial charge in [0.05, 0.1) is 22.5 Å². The molecule has 3 rings (SSSR count). The summed E-state index contributed by atoms with van der Waals surface area (Å²) in [5.41, 5.74) is 14.9. The predicted octanol–water partition coefficient (Wildman–Crippen LogP) is 3.30. The highest BCUT2D eigenvalue weighted by Crippen LogP contribution is 2.32. The van der Waals surface area contributed by atoms with E-state index in [1.165, 1.54) is 24.3 Å². The number of rotatable bonds is 4. The molecule has 7 nitrogen and oxygen atoms in total. The highest BCUT2D eigenvalue weighted by atomic mass is 79.9. The lowest BCUT2D eigenvalue weighted by molar-refractivity contribution is -0.117. The maximum absolute atomic E-state index is 13.7. The van der Waals surface area contributed by atoms with Crippen LogP contribution in [0.1, 0.15) is 33.6 Å². The zero-order chi connectivity index (χ0) is 21.9. The third kappa shape index (κ3) is 5.97. The fourth-order valence-electron chi connectivity index (χ4n) is 2.25. The Morgan fingerprint density at radius 2 is 1.38 bits per heavy atom. The molecule has 0 radical (unpaired) electrons. The molecule has 2 aromatic rings. The highest BCUT2D eigenvalue weighted by molar-refractivity contribution is 9.10. The van der Waals surface area contributed by atoms with E-state index in [9.17, 15) is 23.2 Å². The number of carbonyl (C=O) groups excluding carboxylic acids is 3. The Bertz CT molecular complexity index is 998. The first kappa shape index (κ1) is 22.8. The van der Waals surface area contributed by atoms with Gasteiger partial charge >= 0.3 is 0 Å². The van der Waals surface area contributed by atoms with Gasteiger partial charge in [0.15, 0.2) is 0 Å². The van der Waals surface area contributed by atoms with E-state index in [0.717, 1.165) is 12.8 Å². The summed E-state index contributed by atoms with van der Waals surface area (Å²) in [5, 5.41) is 2.41. The van der Waals surface area contributed by atoms with Crippen LogP contribution < -0.4 is 22.5 Å². The van der Waals surface area contributed by atoms with Crippen LogP contribution in [0.5, 0.6) is 0 Å². The van der Waals surface area contributed by atoms with Crippen molar-refractivity contribution in [2.24, 2.45) is 17.4 Å². The van der Waals surface area contributed by atoms with Crippen LogP contribution in [0.25, 0.3) is 0 Å². The molecule has 0 aromatic heterocycles. The number of hydrogen-bond acceptors (Lipinski definition) is 4. The zero-order valence-corrected chi connectivity index (χ0v) is 17.9. The van der Waals surface area contributed by atoms with Crippen LogP contribution in [0.15, 0.2) is 33.2 Å². The number of benzene rings is 2. The second kappa shape index (κ2) is 9.31. The molecule has 3 amide bonds. The van der Waals surface area contributed by atoms with Crippen molar-refractivity contribution in [3.8, 4) is 0 Å². The van der Waals surface area contributed by atoms with Gasteiger partial charge in [-0.2, -0.15) is 0 Å². The van der Waals surface area contributed by atoms with Crippen molar-refractivity contribution in [3.63, 3.8) is 0 Å². The Morgan fingerprint density at radius 1 is 0.897 bits per heavy atom. The number of nitrogens with one attached hydrogen (secondary N) is 1. The first-order valence-corrected chi connectivity index (χ1v) is 9.73. The number of primary amides is 2. The van der Waals surface area contributed by atoms with Crippen LogP contribution >= 0.6 is 31.9 Å². The van der Waals surface area contributed by atoms with Crippen molar-refractivity contribution in [1.29, 1.82) is 0 Å². The molecule has 0 aliphatic heterocycles. The second-order valence-corrected chi connectivity index (χ2v) is 7.98. The molecule has 0 spiro atoms. The number of anilines is 2. The number of hydrogen-bond donors (Lipinski definition) is 4. The lowest BCUT2D eigenvalue weighted by Crippen LogP contribution is -2.20. The van der Waals surface area contributed by atoms with Crippen molar-refractivity contribution in [3.05, 3.63) is 56.0 Å².